The minimum atomic E-state index is -0.491. The molecule has 7 nitrogen and oxygen atoms in total. The Morgan fingerprint density at radius 2 is 1.86 bits per heavy atom. The molecule has 0 aliphatic rings. The van der Waals surface area contributed by atoms with E-state index in [0.29, 0.717) is 17.2 Å². The number of aldehydes is 1. The van der Waals surface area contributed by atoms with Crippen LogP contribution >= 0.6 is 11.6 Å². The van der Waals surface area contributed by atoms with E-state index in [0.717, 1.165) is 47.2 Å². The average molecular weight is 407 g/mol. The maximum atomic E-state index is 11.4. The molecule has 0 aliphatic carbocycles. The van der Waals surface area contributed by atoms with Gasteiger partial charge < -0.3 is 4.98 Å². The maximum Gasteiger partial charge on any atom is 0.205 e. The highest BCUT2D eigenvalue weighted by Gasteiger charge is 2.19. The molecule has 2 N–H and O–H groups in total. The summed E-state index contributed by atoms with van der Waals surface area (Å²) in [5.74, 6) is 1.32. The van der Waals surface area contributed by atoms with Crippen molar-refractivity contribution >= 4 is 17.9 Å². The van der Waals surface area contributed by atoms with Crippen LogP contribution in [0.3, 0.4) is 0 Å². The van der Waals surface area contributed by atoms with E-state index < -0.39 is 5.38 Å². The first kappa shape index (κ1) is 19.0. The number of aryl methyl sites for hydroxylation is 1. The molecular weight excluding hydrogens is 388 g/mol. The van der Waals surface area contributed by atoms with Crippen LogP contribution in [0.2, 0.25) is 0 Å². The molecule has 8 heteroatoms. The third-order valence-corrected chi connectivity index (χ3v) is 5.16. The smallest absolute Gasteiger partial charge is 0.205 e. The Kier molecular flexibility index (Phi) is 5.48. The van der Waals surface area contributed by atoms with Gasteiger partial charge in [-0.05, 0) is 28.3 Å². The predicted molar refractivity (Wildman–Crippen MR) is 111 cm³/mol. The Labute approximate surface area is 172 Å². The van der Waals surface area contributed by atoms with Gasteiger partial charge in [0, 0.05) is 12.0 Å². The monoisotopic (exact) mass is 406 g/mol. The largest absolute Gasteiger partial charge is 0.344 e. The molecule has 2 heterocycles. The van der Waals surface area contributed by atoms with Gasteiger partial charge in [0.15, 0.2) is 6.29 Å². The number of halogens is 1. The van der Waals surface area contributed by atoms with E-state index in [9.17, 15) is 4.79 Å². The molecule has 2 aromatic heterocycles. The van der Waals surface area contributed by atoms with E-state index >= 15 is 0 Å². The van der Waals surface area contributed by atoms with Crippen LogP contribution in [0.5, 0.6) is 0 Å². The number of hydrogen-bond acceptors (Lipinski definition) is 5. The summed E-state index contributed by atoms with van der Waals surface area (Å²) in [6.45, 7) is 2.06. The number of imidazole rings is 1. The SMILES string of the molecule is CCCc1nc(C=O)c(C(Cl)c2ccc(-c3ccccc3-c3nn[nH]n3)cc2)[nH]1. The summed E-state index contributed by atoms with van der Waals surface area (Å²) in [6, 6.07) is 15.8. The first-order chi connectivity index (χ1) is 14.2. The Morgan fingerprint density at radius 1 is 1.10 bits per heavy atom. The number of nitrogens with one attached hydrogen (secondary N) is 2. The Hall–Kier alpha value is -3.32. The van der Waals surface area contributed by atoms with Crippen molar-refractivity contribution in [2.24, 2.45) is 0 Å². The highest BCUT2D eigenvalue weighted by Crippen LogP contribution is 2.33. The zero-order chi connectivity index (χ0) is 20.2. The molecule has 4 aromatic rings. The number of alkyl halides is 1. The summed E-state index contributed by atoms with van der Waals surface area (Å²) >= 11 is 6.68. The van der Waals surface area contributed by atoms with E-state index in [2.05, 4.69) is 37.5 Å². The van der Waals surface area contributed by atoms with Gasteiger partial charge in [-0.25, -0.2) is 4.98 Å². The highest BCUT2D eigenvalue weighted by molar-refractivity contribution is 6.22. The highest BCUT2D eigenvalue weighted by atomic mass is 35.5. The number of carbonyl (C=O) groups excluding carboxylic acids is 1. The summed E-state index contributed by atoms with van der Waals surface area (Å²) in [4.78, 5) is 19.0. The fourth-order valence-corrected chi connectivity index (χ4v) is 3.61. The number of nitrogens with zero attached hydrogens (tertiary/aromatic N) is 4. The fourth-order valence-electron chi connectivity index (χ4n) is 3.30. The minimum absolute atomic E-state index is 0.361. The molecule has 0 radical (unpaired) electrons. The van der Waals surface area contributed by atoms with E-state index in [1.54, 1.807) is 0 Å². The van der Waals surface area contributed by atoms with Crippen molar-refractivity contribution < 1.29 is 4.79 Å². The molecule has 4 rings (SSSR count). The first-order valence-electron chi connectivity index (χ1n) is 9.32. The Morgan fingerprint density at radius 3 is 2.52 bits per heavy atom. The van der Waals surface area contributed by atoms with Gasteiger partial charge in [-0.3, -0.25) is 4.79 Å². The number of hydrogen-bond donors (Lipinski definition) is 2. The molecule has 0 bridgehead atoms. The van der Waals surface area contributed by atoms with E-state index in [-0.39, 0.29) is 0 Å². The lowest BCUT2D eigenvalue weighted by atomic mass is 9.97. The lowest BCUT2D eigenvalue weighted by Crippen LogP contribution is -1.98. The first-order valence-corrected chi connectivity index (χ1v) is 9.76. The van der Waals surface area contributed by atoms with Crippen molar-refractivity contribution in [3.63, 3.8) is 0 Å². The molecule has 0 aliphatic heterocycles. The summed E-state index contributed by atoms with van der Waals surface area (Å²) < 4.78 is 0. The molecule has 1 atom stereocenters. The average Bonchev–Trinajstić information content (AvgIpc) is 3.44. The molecule has 1 unspecified atom stereocenters. The van der Waals surface area contributed by atoms with Crippen molar-refractivity contribution in [1.29, 1.82) is 0 Å². The van der Waals surface area contributed by atoms with E-state index in [1.807, 2.05) is 48.5 Å². The third-order valence-electron chi connectivity index (χ3n) is 4.69. The molecular formula is C21H19ClN6O. The Balaban J connectivity index is 1.65. The van der Waals surface area contributed by atoms with Gasteiger partial charge >= 0.3 is 0 Å². The fraction of sp³-hybridized carbons (Fsp3) is 0.190. The number of tetrazole rings is 1. The van der Waals surface area contributed by atoms with Crippen LogP contribution in [-0.4, -0.2) is 36.9 Å². The molecule has 2 aromatic carbocycles. The zero-order valence-electron chi connectivity index (χ0n) is 15.8. The molecule has 0 fully saturated rings. The molecule has 0 spiro atoms. The molecule has 0 saturated carbocycles. The molecule has 146 valence electrons. The Bertz CT molecular complexity index is 1100. The number of aromatic amines is 2. The number of aromatic nitrogens is 6. The minimum Gasteiger partial charge on any atom is -0.344 e. The van der Waals surface area contributed by atoms with E-state index in [4.69, 9.17) is 11.6 Å². The van der Waals surface area contributed by atoms with Gasteiger partial charge in [0.1, 0.15) is 16.9 Å². The standard InChI is InChI=1S/C21H19ClN6O/c1-2-5-18-23-17(12-29)20(24-18)19(22)14-10-8-13(9-11-14)15-6-3-4-7-16(15)21-25-27-28-26-21/h3-4,6-12,19H,2,5H2,1H3,(H,23,24)(H,25,26,27,28). The second-order valence-electron chi connectivity index (χ2n) is 6.62. The van der Waals surface area contributed by atoms with Crippen LogP contribution in [0.4, 0.5) is 0 Å². The normalized spacial score (nSPS) is 12.1. The number of rotatable bonds is 7. The topological polar surface area (TPSA) is 100 Å². The van der Waals surface area contributed by atoms with Crippen molar-refractivity contribution in [2.75, 3.05) is 0 Å². The van der Waals surface area contributed by atoms with Crippen molar-refractivity contribution in [2.45, 2.75) is 25.1 Å². The van der Waals surface area contributed by atoms with E-state index in [1.165, 1.54) is 0 Å². The van der Waals surface area contributed by atoms with Crippen LogP contribution in [0, 0.1) is 0 Å². The van der Waals surface area contributed by atoms with Crippen molar-refractivity contribution in [1.82, 2.24) is 30.6 Å². The van der Waals surface area contributed by atoms with Gasteiger partial charge in [0.2, 0.25) is 5.82 Å². The number of benzene rings is 2. The molecule has 0 saturated heterocycles. The van der Waals surface area contributed by atoms with Gasteiger partial charge in [-0.2, -0.15) is 5.21 Å². The predicted octanol–water partition coefficient (Wildman–Crippen LogP) is 4.35. The maximum absolute atomic E-state index is 11.4. The molecule has 0 amide bonds. The van der Waals surface area contributed by atoms with Crippen LogP contribution in [-0.2, 0) is 6.42 Å². The van der Waals surface area contributed by atoms with Crippen molar-refractivity contribution in [3.8, 4) is 22.5 Å². The summed E-state index contributed by atoms with van der Waals surface area (Å²) in [6.07, 6.45) is 2.46. The van der Waals surface area contributed by atoms with Gasteiger partial charge in [-0.1, -0.05) is 55.5 Å². The second kappa shape index (κ2) is 8.36. The summed E-state index contributed by atoms with van der Waals surface area (Å²) in [5, 5.41) is 13.8. The van der Waals surface area contributed by atoms with Gasteiger partial charge in [-0.15, -0.1) is 21.8 Å². The van der Waals surface area contributed by atoms with Crippen molar-refractivity contribution in [3.05, 3.63) is 71.3 Å². The van der Waals surface area contributed by atoms with Crippen LogP contribution in [0.1, 0.15) is 46.3 Å². The lowest BCUT2D eigenvalue weighted by molar-refractivity contribution is 0.111. The quantitative estimate of drug-likeness (QED) is 0.351. The third kappa shape index (κ3) is 3.82. The van der Waals surface area contributed by atoms with Crippen LogP contribution in [0.25, 0.3) is 22.5 Å². The number of carbonyl (C=O) groups is 1. The second-order valence-corrected chi connectivity index (χ2v) is 7.05. The van der Waals surface area contributed by atoms with Gasteiger partial charge in [0.25, 0.3) is 0 Å². The summed E-state index contributed by atoms with van der Waals surface area (Å²) in [5.41, 5.74) is 4.75. The summed E-state index contributed by atoms with van der Waals surface area (Å²) in [7, 11) is 0. The number of H-pyrrole nitrogens is 2. The van der Waals surface area contributed by atoms with Crippen LogP contribution < -0.4 is 0 Å². The lowest BCUT2D eigenvalue weighted by Gasteiger charge is -2.11. The zero-order valence-corrected chi connectivity index (χ0v) is 16.5. The van der Waals surface area contributed by atoms with Gasteiger partial charge in [0.05, 0.1) is 5.69 Å². The molecule has 29 heavy (non-hydrogen) atoms. The van der Waals surface area contributed by atoms with Crippen LogP contribution in [0.15, 0.2) is 48.5 Å².